The van der Waals surface area contributed by atoms with Crippen molar-refractivity contribution in [1.82, 2.24) is 5.32 Å². The number of ether oxygens (including phenoxy) is 1. The molecule has 1 N–H and O–H groups in total. The average Bonchev–Trinajstić information content (AvgIpc) is 3.10. The molecule has 12 heteroatoms. The van der Waals surface area contributed by atoms with Crippen LogP contribution in [-0.4, -0.2) is 28.1 Å². The molecule has 0 heterocycles. The molecule has 0 saturated carbocycles. The molecule has 1 aliphatic rings. The summed E-state index contributed by atoms with van der Waals surface area (Å²) in [5.41, 5.74) is 2.18. The monoisotopic (exact) mass is 508 g/mol. The lowest BCUT2D eigenvalue weighted by Crippen LogP contribution is -2.37. The molecule has 3 aromatic carbocycles. The zero-order valence-electron chi connectivity index (χ0n) is 18.3. The molecule has 0 atom stereocenters. The lowest BCUT2D eigenvalue weighted by molar-refractivity contribution is 0.142. The molecule has 0 aromatic heterocycles. The summed E-state index contributed by atoms with van der Waals surface area (Å²) in [5.74, 6) is -1.02. The molecule has 0 radical (unpaired) electrons. The lowest BCUT2D eigenvalue weighted by atomic mass is 9.76. The van der Waals surface area contributed by atoms with Gasteiger partial charge in [-0.05, 0) is 46.4 Å². The number of hydrogen-bond donors (Lipinski definition) is 1. The maximum atomic E-state index is 13.4. The van der Waals surface area contributed by atoms with Crippen LogP contribution in [0.5, 0.6) is 5.75 Å². The lowest BCUT2D eigenvalue weighted by Gasteiger charge is -2.21. The number of nitrogens with one attached hydrogen (secondary N) is 1. The van der Waals surface area contributed by atoms with E-state index in [9.17, 15) is 30.0 Å². The summed E-state index contributed by atoms with van der Waals surface area (Å²) >= 11 is 0. The minimum Gasteiger partial charge on any atom is -0.449 e. The topological polar surface area (TPSA) is 81.7 Å². The van der Waals surface area contributed by atoms with Crippen LogP contribution in [0.25, 0.3) is 11.1 Å². The number of alkyl carbamates (subject to hydrolysis) is 1. The van der Waals surface area contributed by atoms with Gasteiger partial charge < -0.3 is 27.2 Å². The highest BCUT2D eigenvalue weighted by Gasteiger charge is 2.31. The molecule has 3 aromatic rings. The van der Waals surface area contributed by atoms with Gasteiger partial charge in [-0.3, -0.25) is 0 Å². The van der Waals surface area contributed by atoms with Crippen LogP contribution in [0.1, 0.15) is 28.2 Å². The van der Waals surface area contributed by atoms with Crippen molar-refractivity contribution in [3.05, 3.63) is 82.9 Å². The third-order valence-electron chi connectivity index (χ3n) is 5.78. The van der Waals surface area contributed by atoms with Gasteiger partial charge in [0, 0.05) is 12.5 Å². The van der Waals surface area contributed by atoms with Crippen LogP contribution in [0.2, 0.25) is 0 Å². The molecule has 1 aliphatic carbocycles. The highest BCUT2D eigenvalue weighted by molar-refractivity contribution is 7.81. The highest BCUT2D eigenvalue weighted by atomic mass is 32.3. The van der Waals surface area contributed by atoms with Crippen LogP contribution in [0.3, 0.4) is 0 Å². The van der Waals surface area contributed by atoms with Crippen LogP contribution in [-0.2, 0) is 21.8 Å². The van der Waals surface area contributed by atoms with Gasteiger partial charge in [-0.25, -0.2) is 4.79 Å². The number of carbonyl (C=O) groups is 1. The minimum atomic E-state index is -5.56. The van der Waals surface area contributed by atoms with Gasteiger partial charge in [0.15, 0.2) is 0 Å². The van der Waals surface area contributed by atoms with Gasteiger partial charge in [-0.15, -0.1) is 5.46 Å². The number of rotatable bonds is 7. The Bertz CT molecular complexity index is 1350. The normalized spacial score (nSPS) is 13.2. The second-order valence-electron chi connectivity index (χ2n) is 8.04. The Labute approximate surface area is 199 Å². The van der Waals surface area contributed by atoms with Crippen LogP contribution in [0, 0.1) is 6.92 Å². The van der Waals surface area contributed by atoms with E-state index in [1.165, 1.54) is 0 Å². The van der Waals surface area contributed by atoms with Crippen LogP contribution >= 0.6 is 0 Å². The molecular formula is C23H19BF4NO5S-. The number of carbonyl (C=O) groups excluding carboxylic acids is 1. The molecule has 0 saturated heterocycles. The van der Waals surface area contributed by atoms with E-state index in [1.807, 2.05) is 48.5 Å². The third-order valence-corrected chi connectivity index (χ3v) is 6.16. The first kappa shape index (κ1) is 24.6. The summed E-state index contributed by atoms with van der Waals surface area (Å²) in [5, 5.41) is 2.34. The van der Waals surface area contributed by atoms with Crippen molar-refractivity contribution in [2.45, 2.75) is 19.4 Å². The van der Waals surface area contributed by atoms with Crippen molar-refractivity contribution in [2.75, 3.05) is 6.61 Å². The SMILES string of the molecule is Cc1c(OS(=O)(=O)F)cc(CNC(=O)OCC2c3ccccc3-c3ccccc32)cc1[B-](F)(F)F. The van der Waals surface area contributed by atoms with Gasteiger partial charge in [0.25, 0.3) is 0 Å². The van der Waals surface area contributed by atoms with Crippen molar-refractivity contribution in [1.29, 1.82) is 0 Å². The molecule has 4 rings (SSSR count). The smallest absolute Gasteiger partial charge is 0.449 e. The average molecular weight is 508 g/mol. The Morgan fingerprint density at radius 2 is 1.57 bits per heavy atom. The van der Waals surface area contributed by atoms with E-state index < -0.39 is 46.9 Å². The van der Waals surface area contributed by atoms with E-state index in [1.54, 1.807) is 0 Å². The van der Waals surface area contributed by atoms with Crippen molar-refractivity contribution in [2.24, 2.45) is 0 Å². The second-order valence-corrected chi connectivity index (χ2v) is 8.99. The molecule has 0 aliphatic heterocycles. The largest absolute Gasteiger partial charge is 0.510 e. The van der Waals surface area contributed by atoms with Gasteiger partial charge in [-0.1, -0.05) is 58.5 Å². The van der Waals surface area contributed by atoms with Crippen molar-refractivity contribution < 1.29 is 39.0 Å². The summed E-state index contributed by atoms with van der Waals surface area (Å²) in [6, 6.07) is 17.1. The number of halogens is 4. The molecule has 0 fully saturated rings. The molecule has 0 bridgehead atoms. The Morgan fingerprint density at radius 1 is 1.00 bits per heavy atom. The van der Waals surface area contributed by atoms with Gasteiger partial charge in [0.05, 0.1) is 0 Å². The first-order valence-corrected chi connectivity index (χ1v) is 11.8. The highest BCUT2D eigenvalue weighted by Crippen LogP contribution is 2.44. The quantitative estimate of drug-likeness (QED) is 0.285. The summed E-state index contributed by atoms with van der Waals surface area (Å²) in [6.45, 7) is -5.03. The molecule has 6 nitrogen and oxygen atoms in total. The predicted molar refractivity (Wildman–Crippen MR) is 122 cm³/mol. The van der Waals surface area contributed by atoms with Crippen molar-refractivity contribution in [3.8, 4) is 16.9 Å². The fourth-order valence-electron chi connectivity index (χ4n) is 4.23. The summed E-state index contributed by atoms with van der Waals surface area (Å²) in [4.78, 5) is 12.3. The van der Waals surface area contributed by atoms with Crippen LogP contribution in [0.15, 0.2) is 60.7 Å². The summed E-state index contributed by atoms with van der Waals surface area (Å²) < 4.78 is 84.3. The summed E-state index contributed by atoms with van der Waals surface area (Å²) in [6.07, 6.45) is -0.882. The third kappa shape index (κ3) is 5.42. The molecular weight excluding hydrogens is 489 g/mol. The number of benzene rings is 3. The van der Waals surface area contributed by atoms with E-state index >= 15 is 0 Å². The fourth-order valence-corrected chi connectivity index (χ4v) is 4.62. The zero-order chi connectivity index (χ0) is 25.4. The number of hydrogen-bond acceptors (Lipinski definition) is 5. The Kier molecular flexibility index (Phi) is 6.50. The number of amides is 1. The van der Waals surface area contributed by atoms with E-state index in [-0.39, 0.29) is 18.1 Å². The van der Waals surface area contributed by atoms with E-state index in [2.05, 4.69) is 9.50 Å². The van der Waals surface area contributed by atoms with E-state index in [0.717, 1.165) is 41.3 Å². The van der Waals surface area contributed by atoms with E-state index in [4.69, 9.17) is 4.74 Å². The van der Waals surface area contributed by atoms with E-state index in [0.29, 0.717) is 0 Å². The van der Waals surface area contributed by atoms with Gasteiger partial charge in [-0.2, -0.15) is 8.42 Å². The van der Waals surface area contributed by atoms with Crippen LogP contribution < -0.4 is 15.0 Å². The maximum Gasteiger partial charge on any atom is 0.510 e. The molecule has 35 heavy (non-hydrogen) atoms. The predicted octanol–water partition coefficient (Wildman–Crippen LogP) is 4.68. The first-order valence-electron chi connectivity index (χ1n) is 10.5. The molecule has 184 valence electrons. The Morgan fingerprint density at radius 3 is 2.11 bits per heavy atom. The fraction of sp³-hybridized carbons (Fsp3) is 0.174. The maximum absolute atomic E-state index is 13.4. The second kappa shape index (κ2) is 9.25. The first-order chi connectivity index (χ1) is 16.4. The van der Waals surface area contributed by atoms with Gasteiger partial charge >= 0.3 is 23.6 Å². The van der Waals surface area contributed by atoms with Crippen molar-refractivity contribution >= 4 is 29.0 Å². The molecule has 0 spiro atoms. The zero-order valence-corrected chi connectivity index (χ0v) is 19.1. The van der Waals surface area contributed by atoms with Crippen molar-refractivity contribution in [3.63, 3.8) is 0 Å². The molecule has 1 amide bonds. The standard InChI is InChI=1S/C23H19BF4NO5S/c1-14-21(24(25,26)27)10-15(11-22(14)34-35(28,31)32)12-29-23(30)33-13-20-18-8-4-2-6-16(18)17-7-3-5-9-19(17)20/h2-11,20H,12-13H2,1H3,(H,29,30)/q-1. The van der Waals surface area contributed by atoms with Crippen LogP contribution in [0.4, 0.5) is 21.6 Å². The van der Waals surface area contributed by atoms with Gasteiger partial charge in [0.1, 0.15) is 12.4 Å². The number of fused-ring (bicyclic) bond motifs is 3. The Hall–Kier alpha value is -3.54. The minimum absolute atomic E-state index is 0.000867. The van der Waals surface area contributed by atoms with Gasteiger partial charge in [0.2, 0.25) is 0 Å². The Balaban J connectivity index is 1.47. The molecule has 0 unspecified atom stereocenters. The summed E-state index contributed by atoms with van der Waals surface area (Å²) in [7, 11) is -5.55.